The number of fused-ring (bicyclic) bond motifs is 1. The van der Waals surface area contributed by atoms with Gasteiger partial charge in [0.25, 0.3) is 0 Å². The Bertz CT molecular complexity index is 262. The average Bonchev–Trinajstić information content (AvgIpc) is 2.06. The Balaban J connectivity index is 0.000000720. The highest BCUT2D eigenvalue weighted by Gasteiger charge is 2.14. The molecule has 0 spiro atoms. The highest BCUT2D eigenvalue weighted by molar-refractivity contribution is 5.85. The van der Waals surface area contributed by atoms with Crippen molar-refractivity contribution < 1.29 is 0 Å². The number of rotatable bonds is 0. The number of nitrogens with one attached hydrogen (secondary N) is 1. The van der Waals surface area contributed by atoms with Gasteiger partial charge in [-0.05, 0) is 11.1 Å². The summed E-state index contributed by atoms with van der Waals surface area (Å²) in [7, 11) is 0. The van der Waals surface area contributed by atoms with E-state index in [4.69, 9.17) is 5.73 Å². The lowest BCUT2D eigenvalue weighted by atomic mass is 9.98. The van der Waals surface area contributed by atoms with Crippen LogP contribution in [0.15, 0.2) is 24.3 Å². The first-order valence-electron chi connectivity index (χ1n) is 3.92. The summed E-state index contributed by atoms with van der Waals surface area (Å²) in [6.07, 6.45) is 0. The zero-order valence-electron chi connectivity index (χ0n) is 6.79. The van der Waals surface area contributed by atoms with Crippen LogP contribution in [-0.4, -0.2) is 6.54 Å². The molecule has 0 saturated heterocycles. The first kappa shape index (κ1) is 9.52. The molecular formula is C9H13ClN2. The fraction of sp³-hybridized carbons (Fsp3) is 0.333. The molecule has 1 aromatic rings. The molecule has 0 amide bonds. The maximum absolute atomic E-state index is 5.88. The molecule has 1 unspecified atom stereocenters. The van der Waals surface area contributed by atoms with Crippen LogP contribution in [-0.2, 0) is 6.54 Å². The fourth-order valence-electron chi connectivity index (χ4n) is 1.53. The summed E-state index contributed by atoms with van der Waals surface area (Å²) in [5.41, 5.74) is 8.52. The highest BCUT2D eigenvalue weighted by atomic mass is 35.5. The smallest absolute Gasteiger partial charge is 0.0425 e. The first-order chi connectivity index (χ1) is 5.38. The van der Waals surface area contributed by atoms with Crippen molar-refractivity contribution in [3.8, 4) is 0 Å². The Kier molecular flexibility index (Phi) is 3.09. The van der Waals surface area contributed by atoms with E-state index in [1.165, 1.54) is 11.1 Å². The first-order valence-corrected chi connectivity index (χ1v) is 3.92. The third-order valence-electron chi connectivity index (χ3n) is 2.13. The van der Waals surface area contributed by atoms with Crippen molar-refractivity contribution >= 4 is 12.4 Å². The Morgan fingerprint density at radius 1 is 1.33 bits per heavy atom. The second-order valence-corrected chi connectivity index (χ2v) is 2.94. The molecule has 1 aromatic carbocycles. The van der Waals surface area contributed by atoms with Crippen molar-refractivity contribution in [2.45, 2.75) is 12.6 Å². The van der Waals surface area contributed by atoms with Crippen molar-refractivity contribution in [1.82, 2.24) is 5.32 Å². The normalized spacial score (nSPS) is 20.9. The van der Waals surface area contributed by atoms with Gasteiger partial charge in [-0.1, -0.05) is 24.3 Å². The van der Waals surface area contributed by atoms with E-state index in [1.807, 2.05) is 6.07 Å². The van der Waals surface area contributed by atoms with E-state index in [-0.39, 0.29) is 18.4 Å². The van der Waals surface area contributed by atoms with Crippen molar-refractivity contribution in [3.63, 3.8) is 0 Å². The predicted octanol–water partition coefficient (Wildman–Crippen LogP) is 1.21. The van der Waals surface area contributed by atoms with Crippen LogP contribution in [0, 0.1) is 0 Å². The predicted molar refractivity (Wildman–Crippen MR) is 52.3 cm³/mol. The monoisotopic (exact) mass is 184 g/mol. The van der Waals surface area contributed by atoms with Crippen molar-refractivity contribution in [3.05, 3.63) is 35.4 Å². The molecule has 3 N–H and O–H groups in total. The van der Waals surface area contributed by atoms with Crippen molar-refractivity contribution in [2.75, 3.05) is 6.54 Å². The Labute approximate surface area is 78.6 Å². The van der Waals surface area contributed by atoms with Crippen LogP contribution in [0.4, 0.5) is 0 Å². The lowest BCUT2D eigenvalue weighted by Gasteiger charge is -2.22. The fourth-order valence-corrected chi connectivity index (χ4v) is 1.53. The summed E-state index contributed by atoms with van der Waals surface area (Å²) in [5.74, 6) is 0. The molecule has 0 fully saturated rings. The second kappa shape index (κ2) is 3.90. The third kappa shape index (κ3) is 1.61. The quantitative estimate of drug-likeness (QED) is 0.636. The third-order valence-corrected chi connectivity index (χ3v) is 2.13. The Morgan fingerprint density at radius 3 is 2.83 bits per heavy atom. The van der Waals surface area contributed by atoms with Gasteiger partial charge in [0.2, 0.25) is 0 Å². The molecule has 1 heterocycles. The minimum Gasteiger partial charge on any atom is -0.323 e. The molecule has 2 rings (SSSR count). The minimum atomic E-state index is 0. The van der Waals surface area contributed by atoms with Crippen molar-refractivity contribution in [2.24, 2.45) is 5.73 Å². The number of hydrogen-bond donors (Lipinski definition) is 2. The molecule has 2 nitrogen and oxygen atoms in total. The van der Waals surface area contributed by atoms with E-state index in [0.29, 0.717) is 0 Å². The van der Waals surface area contributed by atoms with Gasteiger partial charge in [0, 0.05) is 19.1 Å². The Hall–Kier alpha value is -0.570. The van der Waals surface area contributed by atoms with Crippen LogP contribution in [0.1, 0.15) is 17.2 Å². The number of halogens is 1. The standard InChI is InChI=1S/C9H12N2.ClH/c10-9-6-11-5-7-3-1-2-4-8(7)9;/h1-4,9,11H,5-6,10H2;1H. The molecule has 1 atom stereocenters. The molecule has 1 aliphatic heterocycles. The molecule has 12 heavy (non-hydrogen) atoms. The van der Waals surface area contributed by atoms with Gasteiger partial charge < -0.3 is 11.1 Å². The molecule has 0 aliphatic carbocycles. The van der Waals surface area contributed by atoms with Gasteiger partial charge in [0.15, 0.2) is 0 Å². The topological polar surface area (TPSA) is 38.0 Å². The second-order valence-electron chi connectivity index (χ2n) is 2.94. The van der Waals surface area contributed by atoms with E-state index < -0.39 is 0 Å². The molecule has 0 saturated carbocycles. The number of hydrogen-bond acceptors (Lipinski definition) is 2. The van der Waals surface area contributed by atoms with Gasteiger partial charge in [-0.2, -0.15) is 0 Å². The summed E-state index contributed by atoms with van der Waals surface area (Å²) in [6, 6.07) is 8.52. The molecule has 66 valence electrons. The summed E-state index contributed by atoms with van der Waals surface area (Å²) < 4.78 is 0. The van der Waals surface area contributed by atoms with Crippen molar-refractivity contribution in [1.29, 1.82) is 0 Å². The maximum atomic E-state index is 5.88. The SMILES string of the molecule is Cl.NC1CNCc2ccccc21. The minimum absolute atomic E-state index is 0. The molecule has 1 aliphatic rings. The van der Waals surface area contributed by atoms with E-state index in [0.717, 1.165) is 13.1 Å². The number of nitrogens with two attached hydrogens (primary N) is 1. The largest absolute Gasteiger partial charge is 0.323 e. The van der Waals surface area contributed by atoms with E-state index in [2.05, 4.69) is 23.5 Å². The van der Waals surface area contributed by atoms with Gasteiger partial charge in [-0.3, -0.25) is 0 Å². The lowest BCUT2D eigenvalue weighted by Crippen LogP contribution is -2.32. The van der Waals surface area contributed by atoms with Crippen LogP contribution in [0.5, 0.6) is 0 Å². The van der Waals surface area contributed by atoms with Crippen LogP contribution < -0.4 is 11.1 Å². The zero-order valence-corrected chi connectivity index (χ0v) is 7.60. The molecule has 3 heteroatoms. The van der Waals surface area contributed by atoms with Gasteiger partial charge in [0.05, 0.1) is 0 Å². The molecular weight excluding hydrogens is 172 g/mol. The zero-order chi connectivity index (χ0) is 7.68. The van der Waals surface area contributed by atoms with E-state index >= 15 is 0 Å². The molecule has 0 radical (unpaired) electrons. The summed E-state index contributed by atoms with van der Waals surface area (Å²) in [4.78, 5) is 0. The summed E-state index contributed by atoms with van der Waals surface area (Å²) >= 11 is 0. The lowest BCUT2D eigenvalue weighted by molar-refractivity contribution is 0.555. The average molecular weight is 185 g/mol. The van der Waals surface area contributed by atoms with E-state index in [9.17, 15) is 0 Å². The van der Waals surface area contributed by atoms with Gasteiger partial charge in [0.1, 0.15) is 0 Å². The van der Waals surface area contributed by atoms with Crippen LogP contribution in [0.25, 0.3) is 0 Å². The summed E-state index contributed by atoms with van der Waals surface area (Å²) in [6.45, 7) is 1.86. The number of benzene rings is 1. The maximum Gasteiger partial charge on any atom is 0.0425 e. The molecule has 0 bridgehead atoms. The van der Waals surface area contributed by atoms with Gasteiger partial charge in [-0.15, -0.1) is 12.4 Å². The molecule has 0 aromatic heterocycles. The van der Waals surface area contributed by atoms with Crippen LogP contribution in [0.3, 0.4) is 0 Å². The van der Waals surface area contributed by atoms with Crippen LogP contribution in [0.2, 0.25) is 0 Å². The Morgan fingerprint density at radius 2 is 2.08 bits per heavy atom. The van der Waals surface area contributed by atoms with E-state index in [1.54, 1.807) is 0 Å². The van der Waals surface area contributed by atoms with Gasteiger partial charge >= 0.3 is 0 Å². The van der Waals surface area contributed by atoms with Gasteiger partial charge in [-0.25, -0.2) is 0 Å². The highest BCUT2D eigenvalue weighted by Crippen LogP contribution is 2.18. The van der Waals surface area contributed by atoms with Crippen LogP contribution >= 0.6 is 12.4 Å². The summed E-state index contributed by atoms with van der Waals surface area (Å²) in [5, 5.41) is 3.27.